The van der Waals surface area contributed by atoms with E-state index in [2.05, 4.69) is 74.9 Å². The third-order valence-electron chi connectivity index (χ3n) is 3.80. The van der Waals surface area contributed by atoms with Gasteiger partial charge in [-0.05, 0) is 23.1 Å². The van der Waals surface area contributed by atoms with Crippen LogP contribution in [0.3, 0.4) is 0 Å². The average molecular weight is 264 g/mol. The van der Waals surface area contributed by atoms with Gasteiger partial charge >= 0.3 is 0 Å². The highest BCUT2D eigenvalue weighted by molar-refractivity contribution is 5.80. The Kier molecular flexibility index (Phi) is 2.89. The molecule has 0 aliphatic carbocycles. The molecule has 2 aromatic carbocycles. The zero-order chi connectivity index (χ0) is 14.3. The van der Waals surface area contributed by atoms with E-state index in [0.717, 1.165) is 16.9 Å². The van der Waals surface area contributed by atoms with E-state index in [9.17, 15) is 0 Å². The van der Waals surface area contributed by atoms with E-state index in [4.69, 9.17) is 4.98 Å². The van der Waals surface area contributed by atoms with Gasteiger partial charge in [0.2, 0.25) is 0 Å². The number of hydrogen-bond acceptors (Lipinski definition) is 1. The molecule has 102 valence electrons. The Morgan fingerprint density at radius 1 is 0.900 bits per heavy atom. The molecule has 3 aromatic rings. The smallest absolute Gasteiger partial charge is 0.140 e. The molecule has 2 nitrogen and oxygen atoms in total. The number of benzene rings is 2. The minimum atomic E-state index is 0.185. The van der Waals surface area contributed by atoms with E-state index in [1.165, 1.54) is 11.1 Å². The topological polar surface area (TPSA) is 17.8 Å². The van der Waals surface area contributed by atoms with Crippen LogP contribution in [0.15, 0.2) is 48.5 Å². The summed E-state index contributed by atoms with van der Waals surface area (Å²) in [6, 6.07) is 17.0. The molecule has 1 aromatic heterocycles. The number of aryl methyl sites for hydroxylation is 1. The molecule has 0 bridgehead atoms. The number of nitrogens with zero attached hydrogens (tertiary/aromatic N) is 2. The van der Waals surface area contributed by atoms with Crippen LogP contribution in [0.2, 0.25) is 0 Å². The molecule has 0 spiro atoms. The molecule has 0 radical (unpaired) electrons. The second kappa shape index (κ2) is 4.48. The molecule has 3 rings (SSSR count). The third kappa shape index (κ3) is 2.11. The van der Waals surface area contributed by atoms with Crippen LogP contribution >= 0.6 is 0 Å². The van der Waals surface area contributed by atoms with E-state index in [1.807, 2.05) is 6.07 Å². The molecule has 0 amide bonds. The molecule has 0 saturated heterocycles. The van der Waals surface area contributed by atoms with Crippen LogP contribution in [0.5, 0.6) is 0 Å². The van der Waals surface area contributed by atoms with Crippen LogP contribution in [-0.4, -0.2) is 9.55 Å². The normalized spacial score (nSPS) is 12.0. The van der Waals surface area contributed by atoms with Crippen molar-refractivity contribution in [1.29, 1.82) is 0 Å². The maximum atomic E-state index is 4.74. The maximum absolute atomic E-state index is 4.74. The highest BCUT2D eigenvalue weighted by Gasteiger charge is 2.14. The van der Waals surface area contributed by atoms with Crippen LogP contribution in [0.1, 0.15) is 26.3 Å². The van der Waals surface area contributed by atoms with Gasteiger partial charge in [0.1, 0.15) is 5.82 Å². The molecule has 1 heterocycles. The first-order valence-corrected chi connectivity index (χ1v) is 6.99. The Labute approximate surface area is 120 Å². The first kappa shape index (κ1) is 12.9. The molecule has 0 N–H and O–H groups in total. The first-order valence-electron chi connectivity index (χ1n) is 6.99. The molecule has 20 heavy (non-hydrogen) atoms. The SMILES string of the molecule is Cn1c(-c2ccc(C(C)(C)C)cc2)nc2ccccc21. The summed E-state index contributed by atoms with van der Waals surface area (Å²) in [7, 11) is 2.07. The van der Waals surface area contributed by atoms with Gasteiger partial charge in [0.15, 0.2) is 0 Å². The summed E-state index contributed by atoms with van der Waals surface area (Å²) in [4.78, 5) is 4.74. The molecule has 0 saturated carbocycles. The van der Waals surface area contributed by atoms with Crippen molar-refractivity contribution in [1.82, 2.24) is 9.55 Å². The van der Waals surface area contributed by atoms with Crippen molar-refractivity contribution in [2.24, 2.45) is 7.05 Å². The summed E-state index contributed by atoms with van der Waals surface area (Å²) in [6.07, 6.45) is 0. The number of hydrogen-bond donors (Lipinski definition) is 0. The Balaban J connectivity index is 2.09. The lowest BCUT2D eigenvalue weighted by Crippen LogP contribution is -2.10. The zero-order valence-corrected chi connectivity index (χ0v) is 12.5. The Hall–Kier alpha value is -2.09. The van der Waals surface area contributed by atoms with Gasteiger partial charge < -0.3 is 4.57 Å². The highest BCUT2D eigenvalue weighted by Crippen LogP contribution is 2.27. The quantitative estimate of drug-likeness (QED) is 0.631. The molecule has 0 unspecified atom stereocenters. The van der Waals surface area contributed by atoms with Gasteiger partial charge in [-0.1, -0.05) is 57.2 Å². The fourth-order valence-corrected chi connectivity index (χ4v) is 2.52. The van der Waals surface area contributed by atoms with Crippen molar-refractivity contribution in [2.75, 3.05) is 0 Å². The highest BCUT2D eigenvalue weighted by atomic mass is 15.1. The van der Waals surface area contributed by atoms with Gasteiger partial charge in [0.05, 0.1) is 11.0 Å². The van der Waals surface area contributed by atoms with Crippen molar-refractivity contribution in [2.45, 2.75) is 26.2 Å². The van der Waals surface area contributed by atoms with Crippen molar-refractivity contribution in [3.05, 3.63) is 54.1 Å². The summed E-state index contributed by atoms with van der Waals surface area (Å²) < 4.78 is 2.15. The van der Waals surface area contributed by atoms with Crippen molar-refractivity contribution in [3.8, 4) is 11.4 Å². The standard InChI is InChI=1S/C18H20N2/c1-18(2,3)14-11-9-13(10-12-14)17-19-15-7-5-6-8-16(15)20(17)4/h5-12H,1-4H3. The number of rotatable bonds is 1. The van der Waals surface area contributed by atoms with Crippen molar-refractivity contribution >= 4 is 11.0 Å². The van der Waals surface area contributed by atoms with Crippen molar-refractivity contribution < 1.29 is 0 Å². The summed E-state index contributed by atoms with van der Waals surface area (Å²) in [5.41, 5.74) is 4.91. The molecule has 0 aliphatic rings. The second-order valence-electron chi connectivity index (χ2n) is 6.31. The van der Waals surface area contributed by atoms with E-state index in [0.29, 0.717) is 0 Å². The fourth-order valence-electron chi connectivity index (χ4n) is 2.52. The maximum Gasteiger partial charge on any atom is 0.140 e. The number of aromatic nitrogens is 2. The van der Waals surface area contributed by atoms with Gasteiger partial charge in [0.25, 0.3) is 0 Å². The summed E-state index contributed by atoms with van der Waals surface area (Å²) in [6.45, 7) is 6.70. The Morgan fingerprint density at radius 2 is 1.55 bits per heavy atom. The predicted molar refractivity (Wildman–Crippen MR) is 84.9 cm³/mol. The van der Waals surface area contributed by atoms with Gasteiger partial charge in [0, 0.05) is 12.6 Å². The average Bonchev–Trinajstić information content (AvgIpc) is 2.76. The Morgan fingerprint density at radius 3 is 2.15 bits per heavy atom. The third-order valence-corrected chi connectivity index (χ3v) is 3.80. The summed E-state index contributed by atoms with van der Waals surface area (Å²) >= 11 is 0. The van der Waals surface area contributed by atoms with Crippen LogP contribution in [0, 0.1) is 0 Å². The van der Waals surface area contributed by atoms with Crippen LogP contribution in [-0.2, 0) is 12.5 Å². The van der Waals surface area contributed by atoms with Gasteiger partial charge in [-0.2, -0.15) is 0 Å². The lowest BCUT2D eigenvalue weighted by Gasteiger charge is -2.19. The van der Waals surface area contributed by atoms with E-state index in [-0.39, 0.29) is 5.41 Å². The van der Waals surface area contributed by atoms with Crippen molar-refractivity contribution in [3.63, 3.8) is 0 Å². The number of imidazole rings is 1. The monoisotopic (exact) mass is 264 g/mol. The van der Waals surface area contributed by atoms with E-state index < -0.39 is 0 Å². The summed E-state index contributed by atoms with van der Waals surface area (Å²) in [5.74, 6) is 1.02. The Bertz CT molecular complexity index is 743. The van der Waals surface area contributed by atoms with Gasteiger partial charge in [-0.15, -0.1) is 0 Å². The molecule has 0 fully saturated rings. The summed E-state index contributed by atoms with van der Waals surface area (Å²) in [5, 5.41) is 0. The van der Waals surface area contributed by atoms with E-state index in [1.54, 1.807) is 0 Å². The van der Waals surface area contributed by atoms with Gasteiger partial charge in [-0.25, -0.2) is 4.98 Å². The van der Waals surface area contributed by atoms with Crippen LogP contribution < -0.4 is 0 Å². The van der Waals surface area contributed by atoms with Gasteiger partial charge in [-0.3, -0.25) is 0 Å². The molecular weight excluding hydrogens is 244 g/mol. The molecular formula is C18H20N2. The first-order chi connectivity index (χ1) is 9.47. The lowest BCUT2D eigenvalue weighted by atomic mass is 9.87. The predicted octanol–water partition coefficient (Wildman–Crippen LogP) is 4.54. The fraction of sp³-hybridized carbons (Fsp3) is 0.278. The zero-order valence-electron chi connectivity index (χ0n) is 12.5. The largest absolute Gasteiger partial charge is 0.327 e. The van der Waals surface area contributed by atoms with Crippen LogP contribution in [0.4, 0.5) is 0 Å². The molecule has 0 aliphatic heterocycles. The molecule has 2 heteroatoms. The second-order valence-corrected chi connectivity index (χ2v) is 6.31. The number of para-hydroxylation sites is 2. The lowest BCUT2D eigenvalue weighted by molar-refractivity contribution is 0.590. The minimum Gasteiger partial charge on any atom is -0.327 e. The van der Waals surface area contributed by atoms with Crippen LogP contribution in [0.25, 0.3) is 22.4 Å². The molecule has 0 atom stereocenters. The minimum absolute atomic E-state index is 0.185. The number of fused-ring (bicyclic) bond motifs is 1. The van der Waals surface area contributed by atoms with E-state index >= 15 is 0 Å².